The summed E-state index contributed by atoms with van der Waals surface area (Å²) in [6.07, 6.45) is 3.69. The second-order valence-corrected chi connectivity index (χ2v) is 4.98. The molecule has 0 aliphatic heterocycles. The van der Waals surface area contributed by atoms with Crippen molar-refractivity contribution < 1.29 is 0 Å². The van der Waals surface area contributed by atoms with Gasteiger partial charge in [-0.05, 0) is 12.1 Å². The molecule has 0 spiro atoms. The third-order valence-electron chi connectivity index (χ3n) is 3.14. The lowest BCUT2D eigenvalue weighted by Crippen LogP contribution is -2.08. The average Bonchev–Trinajstić information content (AvgIpc) is 2.96. The number of hydrogen-bond acceptors (Lipinski definition) is 2. The molecule has 0 bridgehead atoms. The van der Waals surface area contributed by atoms with E-state index >= 15 is 0 Å². The van der Waals surface area contributed by atoms with Crippen molar-refractivity contribution in [1.82, 2.24) is 19.1 Å². The summed E-state index contributed by atoms with van der Waals surface area (Å²) in [5.74, 6) is 2.08. The topological polar surface area (TPSA) is 35.6 Å². The second kappa shape index (κ2) is 4.87. The fourth-order valence-corrected chi connectivity index (χ4v) is 2.63. The van der Waals surface area contributed by atoms with Crippen LogP contribution in [0.5, 0.6) is 0 Å². The number of alkyl halides is 1. The number of fused-ring (bicyclic) bond motifs is 1. The Balaban J connectivity index is 2.18. The van der Waals surface area contributed by atoms with Crippen LogP contribution in [-0.4, -0.2) is 19.1 Å². The molecule has 0 fully saturated rings. The molecule has 6 heteroatoms. The summed E-state index contributed by atoms with van der Waals surface area (Å²) < 4.78 is 3.99. The smallest absolute Gasteiger partial charge is 0.128 e. The van der Waals surface area contributed by atoms with Crippen molar-refractivity contribution in [2.24, 2.45) is 7.05 Å². The molecule has 0 atom stereocenters. The lowest BCUT2D eigenvalue weighted by Gasteiger charge is -2.08. The van der Waals surface area contributed by atoms with Crippen LogP contribution < -0.4 is 0 Å². The van der Waals surface area contributed by atoms with E-state index in [1.54, 1.807) is 6.20 Å². The van der Waals surface area contributed by atoms with Crippen LogP contribution in [0.4, 0.5) is 0 Å². The molecule has 98 valence electrons. The van der Waals surface area contributed by atoms with E-state index in [1.807, 2.05) is 40.6 Å². The summed E-state index contributed by atoms with van der Waals surface area (Å²) in [7, 11) is 1.96. The van der Waals surface area contributed by atoms with Crippen LogP contribution >= 0.6 is 23.2 Å². The average molecular weight is 295 g/mol. The monoisotopic (exact) mass is 294 g/mol. The van der Waals surface area contributed by atoms with Gasteiger partial charge >= 0.3 is 0 Å². The first-order valence-corrected chi connectivity index (χ1v) is 6.77. The number of imidazole rings is 2. The summed E-state index contributed by atoms with van der Waals surface area (Å²) in [6.45, 7) is 0.603. The number of benzene rings is 1. The van der Waals surface area contributed by atoms with E-state index in [-0.39, 0.29) is 0 Å². The first-order valence-electron chi connectivity index (χ1n) is 5.86. The van der Waals surface area contributed by atoms with E-state index in [1.165, 1.54) is 0 Å². The highest BCUT2D eigenvalue weighted by atomic mass is 35.5. The largest absolute Gasteiger partial charge is 0.337 e. The second-order valence-electron chi connectivity index (χ2n) is 4.31. The molecule has 3 aromatic rings. The Kier molecular flexibility index (Phi) is 3.21. The maximum Gasteiger partial charge on any atom is 0.128 e. The Hall–Kier alpha value is -1.52. The molecule has 0 aliphatic rings. The lowest BCUT2D eigenvalue weighted by atomic mass is 10.3. The van der Waals surface area contributed by atoms with Gasteiger partial charge in [-0.15, -0.1) is 11.6 Å². The number of nitrogens with zero attached hydrogens (tertiary/aromatic N) is 4. The Morgan fingerprint density at radius 2 is 2.11 bits per heavy atom. The van der Waals surface area contributed by atoms with Crippen LogP contribution in [0.25, 0.3) is 11.0 Å². The molecular weight excluding hydrogens is 283 g/mol. The molecule has 2 heterocycles. The summed E-state index contributed by atoms with van der Waals surface area (Å²) in [4.78, 5) is 8.84. The van der Waals surface area contributed by atoms with Crippen LogP contribution in [0.2, 0.25) is 5.02 Å². The van der Waals surface area contributed by atoms with Gasteiger partial charge in [0.05, 0.1) is 28.5 Å². The molecule has 4 nitrogen and oxygen atoms in total. The Morgan fingerprint density at radius 1 is 1.26 bits per heavy atom. The SMILES string of the molecule is Cn1ccnc1Cn1c(CCl)nc2cccc(Cl)c21. The van der Waals surface area contributed by atoms with Gasteiger partial charge in [0, 0.05) is 19.4 Å². The molecule has 1 aromatic carbocycles. The molecular formula is C13H12Cl2N4. The number of para-hydroxylation sites is 1. The van der Waals surface area contributed by atoms with Crippen molar-refractivity contribution in [1.29, 1.82) is 0 Å². The van der Waals surface area contributed by atoms with Gasteiger partial charge in [0.15, 0.2) is 0 Å². The fourth-order valence-electron chi connectivity index (χ4n) is 2.15. The van der Waals surface area contributed by atoms with Crippen molar-refractivity contribution in [2.45, 2.75) is 12.4 Å². The minimum absolute atomic E-state index is 0.343. The van der Waals surface area contributed by atoms with E-state index < -0.39 is 0 Å². The van der Waals surface area contributed by atoms with E-state index in [0.29, 0.717) is 17.4 Å². The van der Waals surface area contributed by atoms with E-state index in [2.05, 4.69) is 9.97 Å². The molecule has 0 N–H and O–H groups in total. The zero-order valence-electron chi connectivity index (χ0n) is 10.3. The van der Waals surface area contributed by atoms with E-state index in [0.717, 1.165) is 22.7 Å². The third-order valence-corrected chi connectivity index (χ3v) is 3.68. The Bertz CT molecular complexity index is 729. The van der Waals surface area contributed by atoms with Crippen molar-refractivity contribution in [3.05, 3.63) is 47.3 Å². The minimum Gasteiger partial charge on any atom is -0.337 e. The van der Waals surface area contributed by atoms with Gasteiger partial charge in [-0.2, -0.15) is 0 Å². The maximum absolute atomic E-state index is 6.28. The van der Waals surface area contributed by atoms with Gasteiger partial charge in [-0.25, -0.2) is 9.97 Å². The number of hydrogen-bond donors (Lipinski definition) is 0. The molecule has 0 unspecified atom stereocenters. The number of aryl methyl sites for hydroxylation is 1. The van der Waals surface area contributed by atoms with Crippen molar-refractivity contribution in [3.8, 4) is 0 Å². The van der Waals surface area contributed by atoms with Crippen LogP contribution in [0.15, 0.2) is 30.6 Å². The molecule has 2 aromatic heterocycles. The van der Waals surface area contributed by atoms with E-state index in [9.17, 15) is 0 Å². The Morgan fingerprint density at radius 3 is 2.79 bits per heavy atom. The first-order chi connectivity index (χ1) is 9.20. The summed E-state index contributed by atoms with van der Waals surface area (Å²) >= 11 is 12.3. The molecule has 19 heavy (non-hydrogen) atoms. The molecule has 0 saturated heterocycles. The number of halogens is 2. The quantitative estimate of drug-likeness (QED) is 0.696. The van der Waals surface area contributed by atoms with Crippen molar-refractivity contribution >= 4 is 34.2 Å². The normalized spacial score (nSPS) is 11.3. The first kappa shape index (κ1) is 12.5. The van der Waals surface area contributed by atoms with Crippen LogP contribution in [0.3, 0.4) is 0 Å². The third kappa shape index (κ3) is 2.11. The van der Waals surface area contributed by atoms with Crippen LogP contribution in [-0.2, 0) is 19.5 Å². The highest BCUT2D eigenvalue weighted by Crippen LogP contribution is 2.25. The fraction of sp³-hybridized carbons (Fsp3) is 0.231. The minimum atomic E-state index is 0.343. The lowest BCUT2D eigenvalue weighted by molar-refractivity contribution is 0.693. The highest BCUT2D eigenvalue weighted by molar-refractivity contribution is 6.35. The molecule has 0 amide bonds. The molecule has 0 aliphatic carbocycles. The van der Waals surface area contributed by atoms with Gasteiger partial charge < -0.3 is 9.13 Å². The summed E-state index contributed by atoms with van der Waals surface area (Å²) in [5, 5.41) is 0.676. The standard InChI is InChI=1S/C13H12Cl2N4/c1-18-6-5-16-12(18)8-19-11(7-14)17-10-4-2-3-9(15)13(10)19/h2-6H,7-8H2,1H3. The van der Waals surface area contributed by atoms with Crippen molar-refractivity contribution in [3.63, 3.8) is 0 Å². The zero-order valence-corrected chi connectivity index (χ0v) is 11.9. The Labute approximate surface area is 120 Å². The van der Waals surface area contributed by atoms with Crippen LogP contribution in [0, 0.1) is 0 Å². The summed E-state index contributed by atoms with van der Waals surface area (Å²) in [5.41, 5.74) is 1.76. The van der Waals surface area contributed by atoms with Crippen LogP contribution in [0.1, 0.15) is 11.6 Å². The summed E-state index contributed by atoms with van der Waals surface area (Å²) in [6, 6.07) is 5.69. The van der Waals surface area contributed by atoms with Gasteiger partial charge in [-0.1, -0.05) is 17.7 Å². The molecule has 0 radical (unpaired) electrons. The molecule has 3 rings (SSSR count). The number of rotatable bonds is 3. The number of aromatic nitrogens is 4. The predicted octanol–water partition coefficient (Wildman–Crippen LogP) is 3.21. The van der Waals surface area contributed by atoms with E-state index in [4.69, 9.17) is 23.2 Å². The van der Waals surface area contributed by atoms with Gasteiger partial charge in [0.2, 0.25) is 0 Å². The maximum atomic E-state index is 6.28. The van der Waals surface area contributed by atoms with Gasteiger partial charge in [0.1, 0.15) is 11.6 Å². The van der Waals surface area contributed by atoms with Gasteiger partial charge in [-0.3, -0.25) is 0 Å². The molecule has 0 saturated carbocycles. The van der Waals surface area contributed by atoms with Gasteiger partial charge in [0.25, 0.3) is 0 Å². The highest BCUT2D eigenvalue weighted by Gasteiger charge is 2.14. The zero-order chi connectivity index (χ0) is 13.4. The predicted molar refractivity (Wildman–Crippen MR) is 76.6 cm³/mol. The van der Waals surface area contributed by atoms with Crippen molar-refractivity contribution in [2.75, 3.05) is 0 Å².